The maximum Gasteiger partial charge on any atom is 0.233 e. The molecular formula is C18H21BrN2O2. The van der Waals surface area contributed by atoms with Crippen molar-refractivity contribution in [1.82, 2.24) is 5.32 Å². The minimum Gasteiger partial charge on any atom is -0.355 e. The summed E-state index contributed by atoms with van der Waals surface area (Å²) in [5.74, 6) is -0.174. The number of benzene rings is 2. The lowest BCUT2D eigenvalue weighted by Crippen LogP contribution is -2.33. The molecule has 0 aliphatic heterocycles. The Morgan fingerprint density at radius 1 is 1.13 bits per heavy atom. The highest BCUT2D eigenvalue weighted by Gasteiger charge is 2.13. The van der Waals surface area contributed by atoms with Crippen LogP contribution in [-0.4, -0.2) is 23.2 Å². The van der Waals surface area contributed by atoms with Gasteiger partial charge in [-0.25, -0.2) is 0 Å². The molecule has 0 saturated heterocycles. The van der Waals surface area contributed by atoms with Crippen molar-refractivity contribution in [3.8, 4) is 0 Å². The zero-order chi connectivity index (χ0) is 16.7. The summed E-state index contributed by atoms with van der Waals surface area (Å²) in [6, 6.07) is 13.8. The standard InChI is InChI=1S/C18H21BrN2O2/c1-2-5-16(19)18(23)20-11-10-17(22)21-15-9-8-13-6-3-4-7-14(13)12-15/h3-4,6-9,12,16H,2,5,10-11H2,1H3,(H,20,23)(H,21,22)/t16-/m0/s1. The number of carbonyl (C=O) groups excluding carboxylic acids is 2. The fraction of sp³-hybridized carbons (Fsp3) is 0.333. The van der Waals surface area contributed by atoms with E-state index in [-0.39, 0.29) is 23.1 Å². The molecule has 5 heteroatoms. The summed E-state index contributed by atoms with van der Waals surface area (Å²) < 4.78 is 0. The maximum absolute atomic E-state index is 12.0. The summed E-state index contributed by atoms with van der Waals surface area (Å²) in [6.07, 6.45) is 1.98. The Hall–Kier alpha value is -1.88. The van der Waals surface area contributed by atoms with Crippen molar-refractivity contribution in [3.63, 3.8) is 0 Å². The number of alkyl halides is 1. The number of nitrogens with one attached hydrogen (secondary N) is 2. The third kappa shape index (κ3) is 5.36. The number of rotatable bonds is 7. The third-order valence-corrected chi connectivity index (χ3v) is 4.38. The Balaban J connectivity index is 1.81. The summed E-state index contributed by atoms with van der Waals surface area (Å²) in [4.78, 5) is 23.5. The highest BCUT2D eigenvalue weighted by atomic mass is 79.9. The lowest BCUT2D eigenvalue weighted by atomic mass is 10.1. The van der Waals surface area contributed by atoms with Gasteiger partial charge in [-0.15, -0.1) is 0 Å². The number of carbonyl (C=O) groups is 2. The first kappa shape index (κ1) is 17.5. The third-order valence-electron chi connectivity index (χ3n) is 3.51. The van der Waals surface area contributed by atoms with E-state index in [9.17, 15) is 9.59 Å². The number of amides is 2. The molecule has 2 rings (SSSR count). The molecule has 2 aromatic carbocycles. The molecule has 122 valence electrons. The fourth-order valence-electron chi connectivity index (χ4n) is 2.29. The van der Waals surface area contributed by atoms with Crippen molar-refractivity contribution in [3.05, 3.63) is 42.5 Å². The molecule has 0 aromatic heterocycles. The molecule has 1 atom stereocenters. The van der Waals surface area contributed by atoms with Gasteiger partial charge in [0.15, 0.2) is 0 Å². The molecule has 0 heterocycles. The number of fused-ring (bicyclic) bond motifs is 1. The van der Waals surface area contributed by atoms with Crippen LogP contribution in [0.5, 0.6) is 0 Å². The zero-order valence-electron chi connectivity index (χ0n) is 13.1. The van der Waals surface area contributed by atoms with Gasteiger partial charge in [0.05, 0.1) is 4.83 Å². The van der Waals surface area contributed by atoms with Crippen LogP contribution >= 0.6 is 15.9 Å². The van der Waals surface area contributed by atoms with Gasteiger partial charge in [-0.1, -0.05) is 59.6 Å². The average Bonchev–Trinajstić information content (AvgIpc) is 2.54. The second-order valence-corrected chi connectivity index (χ2v) is 6.51. The number of hydrogen-bond acceptors (Lipinski definition) is 2. The Morgan fingerprint density at radius 3 is 2.61 bits per heavy atom. The van der Waals surface area contributed by atoms with Gasteiger partial charge in [-0.3, -0.25) is 9.59 Å². The smallest absolute Gasteiger partial charge is 0.233 e. The van der Waals surface area contributed by atoms with E-state index in [1.165, 1.54) is 0 Å². The van der Waals surface area contributed by atoms with E-state index in [0.29, 0.717) is 6.54 Å². The minimum absolute atomic E-state index is 0.0645. The molecule has 0 fully saturated rings. The van der Waals surface area contributed by atoms with E-state index >= 15 is 0 Å². The van der Waals surface area contributed by atoms with Gasteiger partial charge in [0.2, 0.25) is 11.8 Å². The molecule has 0 saturated carbocycles. The van der Waals surface area contributed by atoms with Gasteiger partial charge in [-0.2, -0.15) is 0 Å². The van der Waals surface area contributed by atoms with Crippen LogP contribution in [0.2, 0.25) is 0 Å². The summed E-state index contributed by atoms with van der Waals surface area (Å²) in [7, 11) is 0. The van der Waals surface area contributed by atoms with E-state index in [0.717, 1.165) is 29.3 Å². The van der Waals surface area contributed by atoms with Gasteiger partial charge in [0.1, 0.15) is 0 Å². The van der Waals surface area contributed by atoms with Crippen molar-refractivity contribution in [2.45, 2.75) is 31.0 Å². The second-order valence-electron chi connectivity index (χ2n) is 5.41. The normalized spacial score (nSPS) is 11.9. The molecule has 0 spiro atoms. The van der Waals surface area contributed by atoms with Crippen LogP contribution in [0.15, 0.2) is 42.5 Å². The molecule has 2 N–H and O–H groups in total. The molecule has 0 unspecified atom stereocenters. The summed E-state index contributed by atoms with van der Waals surface area (Å²) in [5.41, 5.74) is 0.768. The van der Waals surface area contributed by atoms with Crippen molar-refractivity contribution >= 4 is 44.2 Å². The van der Waals surface area contributed by atoms with Crippen LogP contribution in [-0.2, 0) is 9.59 Å². The van der Waals surface area contributed by atoms with Crippen molar-refractivity contribution in [2.24, 2.45) is 0 Å². The van der Waals surface area contributed by atoms with Crippen LogP contribution in [0.1, 0.15) is 26.2 Å². The first-order valence-corrected chi connectivity index (χ1v) is 8.72. The van der Waals surface area contributed by atoms with Crippen molar-refractivity contribution in [1.29, 1.82) is 0 Å². The van der Waals surface area contributed by atoms with E-state index in [4.69, 9.17) is 0 Å². The molecule has 0 bridgehead atoms. The van der Waals surface area contributed by atoms with Crippen LogP contribution in [0, 0.1) is 0 Å². The predicted octanol–water partition coefficient (Wildman–Crippen LogP) is 3.85. The van der Waals surface area contributed by atoms with E-state index in [1.807, 2.05) is 49.4 Å². The molecular weight excluding hydrogens is 356 g/mol. The molecule has 0 aliphatic carbocycles. The second kappa shape index (κ2) is 8.67. The highest BCUT2D eigenvalue weighted by Crippen LogP contribution is 2.18. The van der Waals surface area contributed by atoms with Crippen LogP contribution in [0.25, 0.3) is 10.8 Å². The fourth-order valence-corrected chi connectivity index (χ4v) is 2.90. The molecule has 2 amide bonds. The van der Waals surface area contributed by atoms with Crippen LogP contribution < -0.4 is 10.6 Å². The lowest BCUT2D eigenvalue weighted by Gasteiger charge is -2.10. The van der Waals surface area contributed by atoms with Gasteiger partial charge >= 0.3 is 0 Å². The van der Waals surface area contributed by atoms with Crippen molar-refractivity contribution < 1.29 is 9.59 Å². The first-order valence-electron chi connectivity index (χ1n) is 7.80. The Morgan fingerprint density at radius 2 is 1.87 bits per heavy atom. The Bertz CT molecular complexity index is 688. The van der Waals surface area contributed by atoms with Crippen LogP contribution in [0.4, 0.5) is 5.69 Å². The maximum atomic E-state index is 12.0. The summed E-state index contributed by atoms with van der Waals surface area (Å²) >= 11 is 3.33. The van der Waals surface area contributed by atoms with E-state index in [2.05, 4.69) is 26.6 Å². The molecule has 23 heavy (non-hydrogen) atoms. The van der Waals surface area contributed by atoms with Gasteiger partial charge in [-0.05, 0) is 29.3 Å². The topological polar surface area (TPSA) is 58.2 Å². The summed E-state index contributed by atoms with van der Waals surface area (Å²) in [6.45, 7) is 2.36. The van der Waals surface area contributed by atoms with E-state index in [1.54, 1.807) is 0 Å². The highest BCUT2D eigenvalue weighted by molar-refractivity contribution is 9.10. The monoisotopic (exact) mass is 376 g/mol. The SMILES string of the molecule is CCC[C@H](Br)C(=O)NCCC(=O)Nc1ccc2ccccc2c1. The van der Waals surface area contributed by atoms with Gasteiger partial charge in [0, 0.05) is 18.7 Å². The lowest BCUT2D eigenvalue weighted by molar-refractivity contribution is -0.120. The largest absolute Gasteiger partial charge is 0.355 e. The number of anilines is 1. The quantitative estimate of drug-likeness (QED) is 0.721. The summed E-state index contributed by atoms with van der Waals surface area (Å²) in [5, 5.41) is 7.85. The number of halogens is 1. The van der Waals surface area contributed by atoms with Gasteiger partial charge in [0.25, 0.3) is 0 Å². The zero-order valence-corrected chi connectivity index (χ0v) is 14.7. The average molecular weight is 377 g/mol. The molecule has 4 nitrogen and oxygen atoms in total. The molecule has 0 radical (unpaired) electrons. The van der Waals surface area contributed by atoms with Crippen LogP contribution in [0.3, 0.4) is 0 Å². The Kier molecular flexibility index (Phi) is 6.59. The number of hydrogen-bond donors (Lipinski definition) is 2. The van der Waals surface area contributed by atoms with Gasteiger partial charge < -0.3 is 10.6 Å². The minimum atomic E-state index is -0.184. The molecule has 2 aromatic rings. The predicted molar refractivity (Wildman–Crippen MR) is 97.8 cm³/mol. The first-order chi connectivity index (χ1) is 11.1. The van der Waals surface area contributed by atoms with Crippen molar-refractivity contribution in [2.75, 3.05) is 11.9 Å². The van der Waals surface area contributed by atoms with E-state index < -0.39 is 0 Å². The molecule has 0 aliphatic rings. The Labute approximate surface area is 144 Å².